The third kappa shape index (κ3) is 5.64. The fourth-order valence-electron chi connectivity index (χ4n) is 4.91. The minimum atomic E-state index is -0.380. The van der Waals surface area contributed by atoms with E-state index in [-0.39, 0.29) is 22.4 Å². The van der Waals surface area contributed by atoms with Crippen LogP contribution in [0.15, 0.2) is 42.6 Å². The van der Waals surface area contributed by atoms with Crippen LogP contribution in [0.25, 0.3) is 0 Å². The Hall–Kier alpha value is -3.20. The first kappa shape index (κ1) is 23.9. The summed E-state index contributed by atoms with van der Waals surface area (Å²) in [5.74, 6) is 1.64. The van der Waals surface area contributed by atoms with Crippen LogP contribution in [0.4, 0.5) is 17.2 Å². The molecular formula is C25H33N5O4. The van der Waals surface area contributed by atoms with Crippen molar-refractivity contribution in [3.63, 3.8) is 0 Å². The summed E-state index contributed by atoms with van der Waals surface area (Å²) < 4.78 is 5.44. The third-order valence-electron chi connectivity index (χ3n) is 6.87. The van der Waals surface area contributed by atoms with Crippen LogP contribution in [0.5, 0.6) is 5.75 Å². The van der Waals surface area contributed by atoms with Crippen molar-refractivity contribution in [3.8, 4) is 5.75 Å². The van der Waals surface area contributed by atoms with E-state index in [9.17, 15) is 14.9 Å². The van der Waals surface area contributed by atoms with Gasteiger partial charge in [-0.15, -0.1) is 0 Å². The van der Waals surface area contributed by atoms with Crippen molar-refractivity contribution < 1.29 is 14.5 Å². The second kappa shape index (κ2) is 11.3. The number of hydrogen-bond donors (Lipinski definition) is 0. The molecule has 0 bridgehead atoms. The molecule has 0 atom stereocenters. The summed E-state index contributed by atoms with van der Waals surface area (Å²) in [6, 6.07) is 10.4. The van der Waals surface area contributed by atoms with Gasteiger partial charge in [-0.25, -0.2) is 4.98 Å². The number of nitro groups is 1. The van der Waals surface area contributed by atoms with Crippen LogP contribution < -0.4 is 14.5 Å². The predicted octanol–water partition coefficient (Wildman–Crippen LogP) is 3.73. The number of piperazine rings is 1. The van der Waals surface area contributed by atoms with E-state index in [0.29, 0.717) is 12.3 Å². The van der Waals surface area contributed by atoms with Gasteiger partial charge in [-0.05, 0) is 31.0 Å². The largest absolute Gasteiger partial charge is 0.495 e. The number of nitro benzene ring substituents is 1. The zero-order valence-corrected chi connectivity index (χ0v) is 19.8. The number of benzene rings is 1. The highest BCUT2D eigenvalue weighted by Crippen LogP contribution is 2.33. The topological polar surface area (TPSA) is 92.1 Å². The number of aromatic nitrogens is 1. The van der Waals surface area contributed by atoms with Gasteiger partial charge in [0.25, 0.3) is 5.69 Å². The Kier molecular flexibility index (Phi) is 7.95. The van der Waals surface area contributed by atoms with Gasteiger partial charge in [0.05, 0.1) is 17.7 Å². The van der Waals surface area contributed by atoms with Gasteiger partial charge in [0.15, 0.2) is 0 Å². The number of non-ortho nitro benzene ring substituents is 1. The second-order valence-electron chi connectivity index (χ2n) is 8.95. The minimum Gasteiger partial charge on any atom is -0.495 e. The van der Waals surface area contributed by atoms with Crippen LogP contribution in [0, 0.1) is 16.0 Å². The van der Waals surface area contributed by atoms with E-state index in [4.69, 9.17) is 4.74 Å². The molecule has 1 saturated carbocycles. The molecule has 9 heteroatoms. The van der Waals surface area contributed by atoms with Gasteiger partial charge < -0.3 is 9.64 Å². The number of ether oxygens (including phenoxy) is 1. The number of methoxy groups -OCH3 is 1. The van der Waals surface area contributed by atoms with Crippen molar-refractivity contribution in [1.82, 2.24) is 9.88 Å². The molecule has 0 unspecified atom stereocenters. The van der Waals surface area contributed by atoms with E-state index in [0.717, 1.165) is 69.9 Å². The molecule has 1 aromatic carbocycles. The Labute approximate surface area is 200 Å². The summed E-state index contributed by atoms with van der Waals surface area (Å²) in [5.41, 5.74) is 0.810. The highest BCUT2D eigenvalue weighted by Gasteiger charge is 2.28. The lowest BCUT2D eigenvalue weighted by atomic mass is 9.88. The van der Waals surface area contributed by atoms with Crippen LogP contribution in [-0.4, -0.2) is 67.1 Å². The molecule has 9 nitrogen and oxygen atoms in total. The maximum absolute atomic E-state index is 13.4. The Bertz CT molecular complexity index is 973. The molecule has 2 aromatic rings. The zero-order valence-electron chi connectivity index (χ0n) is 19.8. The van der Waals surface area contributed by atoms with Gasteiger partial charge in [-0.1, -0.05) is 25.3 Å². The minimum absolute atomic E-state index is 0.0606. The van der Waals surface area contributed by atoms with Gasteiger partial charge in [0.2, 0.25) is 5.91 Å². The lowest BCUT2D eigenvalue weighted by Crippen LogP contribution is -2.50. The molecule has 4 rings (SSSR count). The number of pyridine rings is 1. The fourth-order valence-corrected chi connectivity index (χ4v) is 4.91. The average molecular weight is 468 g/mol. The summed E-state index contributed by atoms with van der Waals surface area (Å²) in [7, 11) is 1.58. The molecule has 0 radical (unpaired) electrons. The van der Waals surface area contributed by atoms with Crippen LogP contribution in [-0.2, 0) is 4.79 Å². The highest BCUT2D eigenvalue weighted by molar-refractivity contribution is 5.94. The highest BCUT2D eigenvalue weighted by atomic mass is 16.6. The number of anilines is 2. The molecular weight excluding hydrogens is 434 g/mol. The summed E-state index contributed by atoms with van der Waals surface area (Å²) >= 11 is 0. The van der Waals surface area contributed by atoms with E-state index >= 15 is 0 Å². The van der Waals surface area contributed by atoms with Gasteiger partial charge in [-0.3, -0.25) is 24.7 Å². The van der Waals surface area contributed by atoms with Crippen molar-refractivity contribution in [1.29, 1.82) is 0 Å². The van der Waals surface area contributed by atoms with Crippen LogP contribution >= 0.6 is 0 Å². The third-order valence-corrected chi connectivity index (χ3v) is 6.87. The van der Waals surface area contributed by atoms with E-state index < -0.39 is 0 Å². The van der Waals surface area contributed by atoms with Crippen molar-refractivity contribution >= 4 is 23.1 Å². The van der Waals surface area contributed by atoms with Crippen LogP contribution in [0.1, 0.15) is 32.1 Å². The first-order valence-corrected chi connectivity index (χ1v) is 12.1. The van der Waals surface area contributed by atoms with E-state index in [1.54, 1.807) is 25.4 Å². The zero-order chi connectivity index (χ0) is 23.9. The first-order valence-electron chi connectivity index (χ1n) is 12.1. The molecule has 0 spiro atoms. The van der Waals surface area contributed by atoms with Crippen LogP contribution in [0.2, 0.25) is 0 Å². The first-order chi connectivity index (χ1) is 16.6. The maximum atomic E-state index is 13.4. The van der Waals surface area contributed by atoms with Crippen molar-refractivity contribution in [2.75, 3.05) is 56.2 Å². The van der Waals surface area contributed by atoms with E-state index in [1.807, 2.05) is 23.1 Å². The number of carbonyl (C=O) groups is 1. The molecule has 1 aromatic heterocycles. The van der Waals surface area contributed by atoms with Gasteiger partial charge in [0, 0.05) is 63.5 Å². The number of hydrogen-bond acceptors (Lipinski definition) is 7. The monoisotopic (exact) mass is 467 g/mol. The van der Waals surface area contributed by atoms with Crippen LogP contribution in [0.3, 0.4) is 0 Å². The Morgan fingerprint density at radius 1 is 1.15 bits per heavy atom. The molecule has 2 heterocycles. The van der Waals surface area contributed by atoms with Crippen molar-refractivity contribution in [2.24, 2.45) is 5.92 Å². The molecule has 1 amide bonds. The lowest BCUT2D eigenvalue weighted by molar-refractivity contribution is -0.384. The summed E-state index contributed by atoms with van der Waals surface area (Å²) in [4.78, 5) is 35.0. The Morgan fingerprint density at radius 3 is 2.56 bits per heavy atom. The molecule has 182 valence electrons. The summed E-state index contributed by atoms with van der Waals surface area (Å²) in [6.07, 6.45) is 7.12. The van der Waals surface area contributed by atoms with Crippen molar-refractivity contribution in [2.45, 2.75) is 32.1 Å². The molecule has 2 aliphatic rings. The number of amides is 1. The second-order valence-corrected chi connectivity index (χ2v) is 8.95. The Morgan fingerprint density at radius 2 is 1.91 bits per heavy atom. The van der Waals surface area contributed by atoms with Gasteiger partial charge >= 0.3 is 0 Å². The smallest absolute Gasteiger partial charge is 0.271 e. The quantitative estimate of drug-likeness (QED) is 0.431. The normalized spacial score (nSPS) is 17.4. The number of nitrogens with zero attached hydrogens (tertiary/aromatic N) is 5. The number of rotatable bonds is 8. The maximum Gasteiger partial charge on any atom is 0.271 e. The number of carbonyl (C=O) groups excluding carboxylic acids is 1. The fraction of sp³-hybridized carbons (Fsp3) is 0.520. The average Bonchev–Trinajstić information content (AvgIpc) is 2.89. The SMILES string of the molecule is COc1ccc([N+](=O)[O-])cc1N1CCN(CCN(C(=O)C2CCCCC2)c2ccccn2)CC1. The molecule has 2 fully saturated rings. The molecule has 0 N–H and O–H groups in total. The van der Waals surface area contributed by atoms with Crippen molar-refractivity contribution in [3.05, 3.63) is 52.7 Å². The molecule has 1 saturated heterocycles. The van der Waals surface area contributed by atoms with E-state index in [1.165, 1.54) is 12.5 Å². The van der Waals surface area contributed by atoms with E-state index in [2.05, 4.69) is 14.8 Å². The lowest BCUT2D eigenvalue weighted by Gasteiger charge is -2.37. The molecule has 34 heavy (non-hydrogen) atoms. The molecule has 1 aliphatic carbocycles. The van der Waals surface area contributed by atoms with Gasteiger partial charge in [0.1, 0.15) is 11.6 Å². The van der Waals surface area contributed by atoms with Gasteiger partial charge in [-0.2, -0.15) is 0 Å². The summed E-state index contributed by atoms with van der Waals surface area (Å²) in [5, 5.41) is 11.2. The predicted molar refractivity (Wildman–Crippen MR) is 131 cm³/mol. The molecule has 1 aliphatic heterocycles. The standard InChI is InChI=1S/C25H33N5O4/c1-34-23-11-10-21(30(32)33)19-22(23)28-16-13-27(14-17-28)15-18-29(24-9-5-6-12-26-24)25(31)20-7-3-2-4-8-20/h5-6,9-12,19-20H,2-4,7-8,13-18H2,1H3. The summed E-state index contributed by atoms with van der Waals surface area (Å²) in [6.45, 7) is 4.44. The Balaban J connectivity index is 1.38.